The highest BCUT2D eigenvalue weighted by atomic mass is 16.6. The molecule has 1 aliphatic rings. The van der Waals surface area contributed by atoms with Crippen molar-refractivity contribution in [1.29, 1.82) is 0 Å². The van der Waals surface area contributed by atoms with Gasteiger partial charge in [-0.05, 0) is 62.4 Å². The summed E-state index contributed by atoms with van der Waals surface area (Å²) in [5.74, 6) is 0.299. The van der Waals surface area contributed by atoms with Crippen LogP contribution in [0, 0.1) is 0 Å². The Morgan fingerprint density at radius 1 is 1.36 bits per heavy atom. The zero-order valence-electron chi connectivity index (χ0n) is 13.8. The summed E-state index contributed by atoms with van der Waals surface area (Å²) in [6.45, 7) is 8.92. The lowest BCUT2D eigenvalue weighted by Crippen LogP contribution is -2.39. The molecule has 4 nitrogen and oxygen atoms in total. The highest BCUT2D eigenvalue weighted by molar-refractivity contribution is 5.74. The quantitative estimate of drug-likeness (QED) is 0.899. The Labute approximate surface area is 132 Å². The largest absolute Gasteiger partial charge is 0.508 e. The first kappa shape index (κ1) is 16.4. The third-order valence-electron chi connectivity index (χ3n) is 3.68. The predicted molar refractivity (Wildman–Crippen MR) is 87.9 cm³/mol. The predicted octanol–water partition coefficient (Wildman–Crippen LogP) is 3.98. The molecule has 0 saturated heterocycles. The molecule has 0 saturated carbocycles. The first-order chi connectivity index (χ1) is 10.3. The van der Waals surface area contributed by atoms with E-state index in [2.05, 4.69) is 13.0 Å². The molecule has 0 unspecified atom stereocenters. The highest BCUT2D eigenvalue weighted by Gasteiger charge is 2.24. The van der Waals surface area contributed by atoms with Gasteiger partial charge in [0.15, 0.2) is 0 Å². The van der Waals surface area contributed by atoms with Crippen molar-refractivity contribution < 1.29 is 14.6 Å². The zero-order chi connectivity index (χ0) is 16.3. The molecule has 1 aliphatic heterocycles. The Morgan fingerprint density at radius 3 is 2.64 bits per heavy atom. The van der Waals surface area contributed by atoms with Crippen molar-refractivity contribution in [2.75, 3.05) is 13.1 Å². The number of carbonyl (C=O) groups is 1. The number of hydrogen-bond donors (Lipinski definition) is 1. The van der Waals surface area contributed by atoms with E-state index in [9.17, 15) is 9.90 Å². The van der Waals surface area contributed by atoms with Gasteiger partial charge in [0, 0.05) is 13.1 Å². The van der Waals surface area contributed by atoms with Crippen LogP contribution in [0.3, 0.4) is 0 Å². The number of aromatic hydroxyl groups is 1. The zero-order valence-corrected chi connectivity index (χ0v) is 13.8. The second-order valence-corrected chi connectivity index (χ2v) is 6.60. The Morgan fingerprint density at radius 2 is 2.09 bits per heavy atom. The van der Waals surface area contributed by atoms with Gasteiger partial charge in [0.2, 0.25) is 0 Å². The number of carbonyl (C=O) groups excluding carboxylic acids is 1. The minimum absolute atomic E-state index is 0.260. The van der Waals surface area contributed by atoms with Gasteiger partial charge in [-0.1, -0.05) is 19.1 Å². The van der Waals surface area contributed by atoms with Crippen LogP contribution in [0.4, 0.5) is 4.79 Å². The topological polar surface area (TPSA) is 49.8 Å². The summed E-state index contributed by atoms with van der Waals surface area (Å²) < 4.78 is 5.40. The van der Waals surface area contributed by atoms with Crippen LogP contribution in [0.5, 0.6) is 5.75 Å². The molecule has 22 heavy (non-hydrogen) atoms. The first-order valence-electron chi connectivity index (χ1n) is 7.79. The lowest BCUT2D eigenvalue weighted by molar-refractivity contribution is 0.0270. The van der Waals surface area contributed by atoms with Gasteiger partial charge in [-0.3, -0.25) is 0 Å². The fourth-order valence-electron chi connectivity index (χ4n) is 2.59. The van der Waals surface area contributed by atoms with Crippen LogP contribution in [0.25, 0.3) is 5.57 Å². The molecule has 1 amide bonds. The molecule has 0 spiro atoms. The monoisotopic (exact) mass is 303 g/mol. The number of phenols is 1. The fraction of sp³-hybridized carbons (Fsp3) is 0.500. The number of ether oxygens (including phenoxy) is 1. The Kier molecular flexibility index (Phi) is 4.79. The van der Waals surface area contributed by atoms with Crippen LogP contribution in [0.1, 0.15) is 45.2 Å². The average Bonchev–Trinajstić information content (AvgIpc) is 2.45. The number of amides is 1. The summed E-state index contributed by atoms with van der Waals surface area (Å²) in [5.41, 5.74) is 3.07. The summed E-state index contributed by atoms with van der Waals surface area (Å²) in [5, 5.41) is 9.60. The minimum Gasteiger partial charge on any atom is -0.508 e. The van der Waals surface area contributed by atoms with Gasteiger partial charge in [0.1, 0.15) is 11.4 Å². The van der Waals surface area contributed by atoms with E-state index in [0.717, 1.165) is 18.4 Å². The van der Waals surface area contributed by atoms with Crippen molar-refractivity contribution in [3.63, 3.8) is 0 Å². The van der Waals surface area contributed by atoms with Crippen LogP contribution < -0.4 is 0 Å². The van der Waals surface area contributed by atoms with E-state index in [1.54, 1.807) is 11.0 Å². The summed E-state index contributed by atoms with van der Waals surface area (Å²) in [6.07, 6.45) is 3.50. The molecule has 0 radical (unpaired) electrons. The molecule has 0 bridgehead atoms. The summed E-state index contributed by atoms with van der Waals surface area (Å²) in [6, 6.07) is 5.50. The molecule has 2 rings (SSSR count). The number of phenolic OH excluding ortho intramolecular Hbond substituents is 1. The molecule has 0 atom stereocenters. The minimum atomic E-state index is -0.465. The molecule has 1 heterocycles. The van der Waals surface area contributed by atoms with Crippen molar-refractivity contribution in [3.8, 4) is 5.75 Å². The smallest absolute Gasteiger partial charge is 0.410 e. The van der Waals surface area contributed by atoms with Crippen molar-refractivity contribution >= 4 is 11.7 Å². The van der Waals surface area contributed by atoms with Crippen molar-refractivity contribution in [2.24, 2.45) is 0 Å². The molecular formula is C18H25NO3. The van der Waals surface area contributed by atoms with E-state index < -0.39 is 5.60 Å². The normalized spacial score (nSPS) is 15.5. The van der Waals surface area contributed by atoms with Crippen LogP contribution in [-0.4, -0.2) is 34.8 Å². The van der Waals surface area contributed by atoms with E-state index >= 15 is 0 Å². The van der Waals surface area contributed by atoms with E-state index in [1.165, 1.54) is 11.1 Å². The van der Waals surface area contributed by atoms with Crippen molar-refractivity contribution in [3.05, 3.63) is 35.4 Å². The van der Waals surface area contributed by atoms with Crippen molar-refractivity contribution in [1.82, 2.24) is 4.90 Å². The maximum Gasteiger partial charge on any atom is 0.410 e. The van der Waals surface area contributed by atoms with Crippen LogP contribution in [0.2, 0.25) is 0 Å². The van der Waals surface area contributed by atoms with Gasteiger partial charge in [-0.25, -0.2) is 4.79 Å². The molecule has 4 heteroatoms. The van der Waals surface area contributed by atoms with E-state index in [1.807, 2.05) is 32.9 Å². The molecule has 1 N–H and O–H groups in total. The second-order valence-electron chi connectivity index (χ2n) is 6.60. The van der Waals surface area contributed by atoms with Gasteiger partial charge < -0.3 is 14.7 Å². The Hall–Kier alpha value is -1.97. The van der Waals surface area contributed by atoms with Gasteiger partial charge in [0.25, 0.3) is 0 Å². The second kappa shape index (κ2) is 6.42. The molecule has 0 aliphatic carbocycles. The van der Waals surface area contributed by atoms with Crippen molar-refractivity contribution in [2.45, 2.75) is 46.1 Å². The molecule has 1 aromatic carbocycles. The molecule has 0 fully saturated rings. The Bertz CT molecular complexity index is 584. The standard InChI is InChI=1S/C18H25NO3/c1-5-13-12-15(20)6-7-16(13)14-8-10-19(11-9-14)17(21)22-18(2,3)4/h6-8,12,20H,5,9-11H2,1-4H3. The third-order valence-corrected chi connectivity index (χ3v) is 3.68. The molecule has 120 valence electrons. The lowest BCUT2D eigenvalue weighted by Gasteiger charge is -2.30. The first-order valence-corrected chi connectivity index (χ1v) is 7.79. The molecule has 1 aromatic rings. The average molecular weight is 303 g/mol. The van der Waals surface area contributed by atoms with E-state index in [0.29, 0.717) is 18.8 Å². The summed E-state index contributed by atoms with van der Waals surface area (Å²) in [4.78, 5) is 13.8. The van der Waals surface area contributed by atoms with E-state index in [4.69, 9.17) is 4.74 Å². The maximum absolute atomic E-state index is 12.1. The number of hydrogen-bond acceptors (Lipinski definition) is 3. The highest BCUT2D eigenvalue weighted by Crippen LogP contribution is 2.28. The van der Waals surface area contributed by atoms with Gasteiger partial charge >= 0.3 is 6.09 Å². The summed E-state index contributed by atoms with van der Waals surface area (Å²) in [7, 11) is 0. The van der Waals surface area contributed by atoms with Crippen LogP contribution >= 0.6 is 0 Å². The van der Waals surface area contributed by atoms with Gasteiger partial charge in [0.05, 0.1) is 0 Å². The van der Waals surface area contributed by atoms with Crippen LogP contribution in [0.15, 0.2) is 24.3 Å². The number of nitrogens with zero attached hydrogens (tertiary/aromatic N) is 1. The third kappa shape index (κ3) is 4.03. The van der Waals surface area contributed by atoms with Gasteiger partial charge in [-0.2, -0.15) is 0 Å². The maximum atomic E-state index is 12.1. The lowest BCUT2D eigenvalue weighted by atomic mass is 9.93. The van der Waals surface area contributed by atoms with Gasteiger partial charge in [-0.15, -0.1) is 0 Å². The van der Waals surface area contributed by atoms with Crippen LogP contribution in [-0.2, 0) is 11.2 Å². The SMILES string of the molecule is CCc1cc(O)ccc1C1=CCN(C(=O)OC(C)(C)C)CC1. The Balaban J connectivity index is 2.10. The number of rotatable bonds is 2. The molecule has 0 aromatic heterocycles. The summed E-state index contributed by atoms with van der Waals surface area (Å²) >= 11 is 0. The number of aryl methyl sites for hydroxylation is 1. The van der Waals surface area contributed by atoms with E-state index in [-0.39, 0.29) is 6.09 Å². The molecular weight excluding hydrogens is 278 g/mol. The number of benzene rings is 1. The fourth-order valence-corrected chi connectivity index (χ4v) is 2.59.